The summed E-state index contributed by atoms with van der Waals surface area (Å²) in [6, 6.07) is 0. The van der Waals surface area contributed by atoms with Gasteiger partial charge in [0.15, 0.2) is 0 Å². The molecule has 0 fully saturated rings. The molecule has 0 unspecified atom stereocenters. The average Bonchev–Trinajstić information content (AvgIpc) is 2.70. The van der Waals surface area contributed by atoms with Gasteiger partial charge in [0.25, 0.3) is 0 Å². The smallest absolute Gasteiger partial charge is 0.333 e. The zero-order valence-corrected chi connectivity index (χ0v) is 19.3. The van der Waals surface area contributed by atoms with E-state index in [0.717, 1.165) is 32.1 Å². The second-order valence-corrected chi connectivity index (χ2v) is 7.08. The van der Waals surface area contributed by atoms with E-state index in [9.17, 15) is 14.4 Å². The number of hydrogen-bond acceptors (Lipinski definition) is 6. The molecule has 7 heteroatoms. The Morgan fingerprint density at radius 3 is 2.07 bits per heavy atom. The maximum atomic E-state index is 11.5. The lowest BCUT2D eigenvalue weighted by atomic mass is 10.1. The normalized spacial score (nSPS) is 10.7. The Balaban J connectivity index is 0. The van der Waals surface area contributed by atoms with Gasteiger partial charge in [-0.15, -0.1) is 0 Å². The van der Waals surface area contributed by atoms with Crippen molar-refractivity contribution in [1.29, 1.82) is 0 Å². The quantitative estimate of drug-likeness (QED) is 0.254. The van der Waals surface area contributed by atoms with E-state index in [1.807, 2.05) is 25.9 Å². The summed E-state index contributed by atoms with van der Waals surface area (Å²) in [5.74, 6) is -1.70. The standard InChI is InChI=1S/C14H23NO4.C9H16O2/c1-5-6-12(13(16)17)8-7-11(2)14(18)19-10-9-15(3)4;1-4-5-6-7-8(2)9(10)11-3/h8H,2,5-7,9-10H2,1,3-4H3,(H,16,17);2,4-7H2,1,3H3. The lowest BCUT2D eigenvalue weighted by Gasteiger charge is -2.10. The van der Waals surface area contributed by atoms with Crippen LogP contribution >= 0.6 is 0 Å². The molecule has 0 atom stereocenters. The van der Waals surface area contributed by atoms with Crippen LogP contribution in [0.1, 0.15) is 58.8 Å². The van der Waals surface area contributed by atoms with Gasteiger partial charge in [-0.1, -0.05) is 52.3 Å². The number of ether oxygens (including phenoxy) is 2. The Morgan fingerprint density at radius 2 is 1.60 bits per heavy atom. The lowest BCUT2D eigenvalue weighted by molar-refractivity contribution is -0.139. The molecule has 0 spiro atoms. The number of likely N-dealkylation sites (N-methyl/N-ethyl adjacent to an activating group) is 1. The molecule has 0 heterocycles. The Hall–Kier alpha value is -2.41. The second kappa shape index (κ2) is 18.6. The van der Waals surface area contributed by atoms with Gasteiger partial charge in [-0.3, -0.25) is 0 Å². The van der Waals surface area contributed by atoms with Gasteiger partial charge in [0.1, 0.15) is 6.61 Å². The van der Waals surface area contributed by atoms with Crippen molar-refractivity contribution in [2.75, 3.05) is 34.4 Å². The highest BCUT2D eigenvalue weighted by atomic mass is 16.5. The molecule has 0 aromatic carbocycles. The number of carboxylic acids is 1. The molecule has 0 saturated heterocycles. The molecular formula is C23H39NO6. The van der Waals surface area contributed by atoms with Crippen molar-refractivity contribution in [3.63, 3.8) is 0 Å². The van der Waals surface area contributed by atoms with Gasteiger partial charge in [0.2, 0.25) is 0 Å². The number of allylic oxidation sites excluding steroid dienone is 1. The van der Waals surface area contributed by atoms with Crippen LogP contribution in [-0.4, -0.2) is 62.3 Å². The second-order valence-electron chi connectivity index (χ2n) is 7.08. The third-order valence-electron chi connectivity index (χ3n) is 4.01. The maximum absolute atomic E-state index is 11.5. The van der Waals surface area contributed by atoms with Crippen molar-refractivity contribution in [3.05, 3.63) is 36.0 Å². The molecule has 0 aliphatic heterocycles. The van der Waals surface area contributed by atoms with Crippen molar-refractivity contribution in [3.8, 4) is 0 Å². The van der Waals surface area contributed by atoms with Gasteiger partial charge in [0.05, 0.1) is 7.11 Å². The van der Waals surface area contributed by atoms with E-state index >= 15 is 0 Å². The Morgan fingerprint density at radius 1 is 0.967 bits per heavy atom. The van der Waals surface area contributed by atoms with Crippen molar-refractivity contribution in [2.45, 2.75) is 58.8 Å². The molecular weight excluding hydrogens is 386 g/mol. The fraction of sp³-hybridized carbons (Fsp3) is 0.609. The van der Waals surface area contributed by atoms with Crippen LogP contribution in [-0.2, 0) is 23.9 Å². The zero-order valence-electron chi connectivity index (χ0n) is 19.3. The number of unbranched alkanes of at least 4 members (excludes halogenated alkanes) is 2. The first kappa shape index (κ1) is 29.8. The molecule has 0 aromatic heterocycles. The molecule has 1 N–H and O–H groups in total. The number of nitrogens with zero attached hydrogens (tertiary/aromatic N) is 1. The van der Waals surface area contributed by atoms with E-state index in [-0.39, 0.29) is 18.0 Å². The average molecular weight is 426 g/mol. The van der Waals surface area contributed by atoms with Crippen molar-refractivity contribution in [1.82, 2.24) is 4.90 Å². The molecule has 0 aromatic rings. The van der Waals surface area contributed by atoms with Gasteiger partial charge in [-0.25, -0.2) is 14.4 Å². The van der Waals surface area contributed by atoms with E-state index < -0.39 is 11.9 Å². The van der Waals surface area contributed by atoms with Crippen molar-refractivity contribution in [2.24, 2.45) is 0 Å². The summed E-state index contributed by atoms with van der Waals surface area (Å²) < 4.78 is 9.51. The fourth-order valence-corrected chi connectivity index (χ4v) is 2.15. The van der Waals surface area contributed by atoms with Crippen LogP contribution in [0.4, 0.5) is 0 Å². The number of esters is 2. The molecule has 7 nitrogen and oxygen atoms in total. The van der Waals surface area contributed by atoms with E-state index in [2.05, 4.69) is 24.8 Å². The monoisotopic (exact) mass is 425 g/mol. The number of methoxy groups -OCH3 is 1. The Bertz CT molecular complexity index is 593. The number of carbonyl (C=O) groups is 3. The van der Waals surface area contributed by atoms with Gasteiger partial charge in [-0.05, 0) is 39.8 Å². The molecule has 0 bridgehead atoms. The number of hydrogen-bond donors (Lipinski definition) is 1. The van der Waals surface area contributed by atoms with Crippen molar-refractivity contribution >= 4 is 17.9 Å². The minimum absolute atomic E-state index is 0.211. The zero-order chi connectivity index (χ0) is 23.5. The maximum Gasteiger partial charge on any atom is 0.333 e. The van der Waals surface area contributed by atoms with Crippen LogP contribution in [0.25, 0.3) is 0 Å². The summed E-state index contributed by atoms with van der Waals surface area (Å²) in [4.78, 5) is 35.1. The molecule has 0 radical (unpaired) electrons. The van der Waals surface area contributed by atoms with Gasteiger partial charge in [-0.2, -0.15) is 0 Å². The van der Waals surface area contributed by atoms with Gasteiger partial charge < -0.3 is 19.5 Å². The molecule has 0 rings (SSSR count). The van der Waals surface area contributed by atoms with Gasteiger partial charge >= 0.3 is 17.9 Å². The first-order valence-electron chi connectivity index (χ1n) is 10.3. The van der Waals surface area contributed by atoms with Gasteiger partial charge in [0, 0.05) is 23.3 Å². The van der Waals surface area contributed by atoms with Crippen LogP contribution in [0.5, 0.6) is 0 Å². The SMILES string of the molecule is C=C(CC=C(CCC)C(=O)O)C(=O)OCCN(C)C.C=C(CCCCC)C(=O)OC. The fourth-order valence-electron chi connectivity index (χ4n) is 2.15. The van der Waals surface area contributed by atoms with Crippen LogP contribution in [0.2, 0.25) is 0 Å². The van der Waals surface area contributed by atoms with Crippen LogP contribution < -0.4 is 0 Å². The largest absolute Gasteiger partial charge is 0.478 e. The third-order valence-corrected chi connectivity index (χ3v) is 4.01. The summed E-state index contributed by atoms with van der Waals surface area (Å²) >= 11 is 0. The summed E-state index contributed by atoms with van der Waals surface area (Å²) in [5.41, 5.74) is 1.17. The first-order valence-corrected chi connectivity index (χ1v) is 10.3. The topological polar surface area (TPSA) is 93.1 Å². The number of carboxylic acid groups (broad SMARTS) is 1. The summed E-state index contributed by atoms with van der Waals surface area (Å²) in [6.45, 7) is 12.2. The lowest BCUT2D eigenvalue weighted by Crippen LogP contribution is -2.20. The first-order chi connectivity index (χ1) is 14.1. The van der Waals surface area contributed by atoms with E-state index in [0.29, 0.717) is 30.7 Å². The Kier molecular flexibility index (Phi) is 18.5. The Labute approximate surface area is 181 Å². The molecule has 0 aliphatic carbocycles. The molecule has 30 heavy (non-hydrogen) atoms. The molecule has 172 valence electrons. The van der Waals surface area contributed by atoms with Crippen LogP contribution in [0.15, 0.2) is 36.0 Å². The van der Waals surface area contributed by atoms with E-state index in [4.69, 9.17) is 9.84 Å². The summed E-state index contributed by atoms with van der Waals surface area (Å²) in [6.07, 6.45) is 7.08. The number of carbonyl (C=O) groups excluding carboxylic acids is 2. The third kappa shape index (κ3) is 16.5. The molecule has 0 amide bonds. The summed E-state index contributed by atoms with van der Waals surface area (Å²) in [5, 5.41) is 8.94. The van der Waals surface area contributed by atoms with Crippen LogP contribution in [0, 0.1) is 0 Å². The molecule has 0 aliphatic rings. The van der Waals surface area contributed by atoms with Crippen LogP contribution in [0.3, 0.4) is 0 Å². The predicted molar refractivity (Wildman–Crippen MR) is 119 cm³/mol. The molecule has 0 saturated carbocycles. The number of rotatable bonds is 14. The van der Waals surface area contributed by atoms with E-state index in [1.165, 1.54) is 13.2 Å². The number of aliphatic carboxylic acids is 1. The van der Waals surface area contributed by atoms with Crippen molar-refractivity contribution < 1.29 is 29.0 Å². The van der Waals surface area contributed by atoms with E-state index in [1.54, 1.807) is 0 Å². The highest BCUT2D eigenvalue weighted by Gasteiger charge is 2.10. The predicted octanol–water partition coefficient (Wildman–Crippen LogP) is 4.14. The minimum Gasteiger partial charge on any atom is -0.478 e. The highest BCUT2D eigenvalue weighted by Crippen LogP contribution is 2.10. The minimum atomic E-state index is -0.948. The highest BCUT2D eigenvalue weighted by molar-refractivity contribution is 5.89. The summed E-state index contributed by atoms with van der Waals surface area (Å²) in [7, 11) is 5.15.